The molecule has 1 unspecified atom stereocenters. The minimum Gasteiger partial charge on any atom is -0.368 e. The van der Waals surface area contributed by atoms with Crippen molar-refractivity contribution in [3.8, 4) is 0 Å². The van der Waals surface area contributed by atoms with Crippen molar-refractivity contribution in [3.05, 3.63) is 81.9 Å². The lowest BCUT2D eigenvalue weighted by atomic mass is 10.1. The van der Waals surface area contributed by atoms with Crippen LogP contribution in [0.2, 0.25) is 10.0 Å². The van der Waals surface area contributed by atoms with Gasteiger partial charge in [0.05, 0.1) is 16.4 Å². The van der Waals surface area contributed by atoms with Gasteiger partial charge in [0.2, 0.25) is 5.91 Å². The summed E-state index contributed by atoms with van der Waals surface area (Å²) < 4.78 is 27.5. The third kappa shape index (κ3) is 5.79. The molecule has 2 rings (SSSR count). The van der Waals surface area contributed by atoms with Gasteiger partial charge in [0, 0.05) is 16.2 Å². The molecule has 10 heteroatoms. The van der Waals surface area contributed by atoms with E-state index in [-0.39, 0.29) is 32.6 Å². The van der Waals surface area contributed by atoms with Crippen LogP contribution in [-0.2, 0) is 9.59 Å². The predicted octanol–water partition coefficient (Wildman–Crippen LogP) is 3.54. The third-order valence-electron chi connectivity index (χ3n) is 3.98. The standard InChI is InChI=1S/C20H18Cl2F2N4O2/c1-10(20(30)27-11(2)19(25)29)5-18(12-6-13(21)8-14(23)7-12)28(26)15-3-4-17(24)16(22)9-15/h3-9,11H,1,26H2,2H3,(H2,25,29)(H,27,30)/b18-5-. The second kappa shape index (κ2) is 9.71. The lowest BCUT2D eigenvalue weighted by Crippen LogP contribution is -2.42. The van der Waals surface area contributed by atoms with Gasteiger partial charge in [0.1, 0.15) is 17.7 Å². The maximum atomic E-state index is 13.9. The SMILES string of the molecule is C=C(/C=C(/c1cc(F)cc(Cl)c1)N(N)c1ccc(F)c(Cl)c1)C(=O)NC(C)C(N)=O. The van der Waals surface area contributed by atoms with Gasteiger partial charge in [-0.15, -0.1) is 0 Å². The van der Waals surface area contributed by atoms with Crippen LogP contribution in [0.25, 0.3) is 5.70 Å². The summed E-state index contributed by atoms with van der Waals surface area (Å²) in [6.45, 7) is 5.05. The fraction of sp³-hybridized carbons (Fsp3) is 0.100. The molecule has 1 atom stereocenters. The number of hydrogen-bond acceptors (Lipinski definition) is 4. The molecule has 2 aromatic rings. The number of carbonyl (C=O) groups is 2. The summed E-state index contributed by atoms with van der Waals surface area (Å²) in [6.07, 6.45) is 1.26. The van der Waals surface area contributed by atoms with Gasteiger partial charge in [0.15, 0.2) is 0 Å². The zero-order valence-corrected chi connectivity index (χ0v) is 17.3. The molecule has 0 aromatic heterocycles. The van der Waals surface area contributed by atoms with E-state index in [0.29, 0.717) is 0 Å². The van der Waals surface area contributed by atoms with Crippen molar-refractivity contribution in [1.82, 2.24) is 5.32 Å². The van der Waals surface area contributed by atoms with Crippen LogP contribution < -0.4 is 21.9 Å². The lowest BCUT2D eigenvalue weighted by Gasteiger charge is -2.23. The number of halogens is 4. The maximum Gasteiger partial charge on any atom is 0.251 e. The van der Waals surface area contributed by atoms with Crippen LogP contribution in [0, 0.1) is 11.6 Å². The molecule has 0 saturated carbocycles. The summed E-state index contributed by atoms with van der Waals surface area (Å²) in [4.78, 5) is 23.5. The molecule has 158 valence electrons. The van der Waals surface area contributed by atoms with Gasteiger partial charge in [-0.3, -0.25) is 14.6 Å². The quantitative estimate of drug-likeness (QED) is 0.257. The van der Waals surface area contributed by atoms with Crippen molar-refractivity contribution < 1.29 is 18.4 Å². The zero-order chi connectivity index (χ0) is 22.6. The van der Waals surface area contributed by atoms with Crippen LogP contribution in [0.1, 0.15) is 12.5 Å². The second-order valence-corrected chi connectivity index (χ2v) is 7.12. The topological polar surface area (TPSA) is 101 Å². The number of nitrogens with zero attached hydrogens (tertiary/aromatic N) is 1. The van der Waals surface area contributed by atoms with Crippen molar-refractivity contribution in [1.29, 1.82) is 0 Å². The number of primary amides is 1. The Hall–Kier alpha value is -2.94. The average Bonchev–Trinajstić information content (AvgIpc) is 2.66. The average molecular weight is 455 g/mol. The number of amides is 2. The van der Waals surface area contributed by atoms with Crippen molar-refractivity contribution in [2.24, 2.45) is 11.6 Å². The Kier molecular flexibility index (Phi) is 7.55. The van der Waals surface area contributed by atoms with Gasteiger partial charge in [-0.2, -0.15) is 0 Å². The Bertz CT molecular complexity index is 1020. The summed E-state index contributed by atoms with van der Waals surface area (Å²) in [5.74, 6) is 3.42. The smallest absolute Gasteiger partial charge is 0.251 e. The van der Waals surface area contributed by atoms with Gasteiger partial charge in [-0.1, -0.05) is 29.8 Å². The first-order chi connectivity index (χ1) is 14.0. The predicted molar refractivity (Wildman–Crippen MR) is 113 cm³/mol. The fourth-order valence-electron chi connectivity index (χ4n) is 2.36. The fourth-order valence-corrected chi connectivity index (χ4v) is 2.76. The summed E-state index contributed by atoms with van der Waals surface area (Å²) in [6, 6.07) is 6.40. The Morgan fingerprint density at radius 1 is 1.20 bits per heavy atom. The molecule has 30 heavy (non-hydrogen) atoms. The molecule has 0 fully saturated rings. The Balaban J connectivity index is 2.51. The van der Waals surface area contributed by atoms with E-state index >= 15 is 0 Å². The summed E-state index contributed by atoms with van der Waals surface area (Å²) in [5.41, 5.74) is 5.58. The molecule has 0 radical (unpaired) electrons. The van der Waals surface area contributed by atoms with E-state index < -0.39 is 29.5 Å². The molecular weight excluding hydrogens is 437 g/mol. The molecular formula is C20H18Cl2F2N4O2. The summed E-state index contributed by atoms with van der Waals surface area (Å²) in [5, 5.41) is 3.32. The Labute approximate surface area is 181 Å². The van der Waals surface area contributed by atoms with Crippen LogP contribution in [0.15, 0.2) is 54.6 Å². The van der Waals surface area contributed by atoms with Gasteiger partial charge in [-0.25, -0.2) is 14.6 Å². The van der Waals surface area contributed by atoms with Crippen molar-refractivity contribution in [2.75, 3.05) is 5.01 Å². The first-order valence-corrected chi connectivity index (χ1v) is 9.22. The first kappa shape index (κ1) is 23.3. The van der Waals surface area contributed by atoms with E-state index in [1.54, 1.807) is 0 Å². The molecule has 0 saturated heterocycles. The van der Waals surface area contributed by atoms with Crippen LogP contribution in [-0.4, -0.2) is 17.9 Å². The van der Waals surface area contributed by atoms with Gasteiger partial charge >= 0.3 is 0 Å². The highest BCUT2D eigenvalue weighted by atomic mass is 35.5. The monoisotopic (exact) mass is 454 g/mol. The van der Waals surface area contributed by atoms with Crippen LogP contribution in [0.5, 0.6) is 0 Å². The number of anilines is 1. The number of benzene rings is 2. The number of carbonyl (C=O) groups excluding carboxylic acids is 2. The van der Waals surface area contributed by atoms with E-state index in [9.17, 15) is 18.4 Å². The number of rotatable bonds is 7. The minimum absolute atomic E-state index is 0.0823. The lowest BCUT2D eigenvalue weighted by molar-refractivity contribution is -0.124. The van der Waals surface area contributed by atoms with E-state index in [0.717, 1.165) is 23.2 Å². The van der Waals surface area contributed by atoms with E-state index in [4.69, 9.17) is 34.8 Å². The molecule has 0 aliphatic carbocycles. The highest BCUT2D eigenvalue weighted by Crippen LogP contribution is 2.29. The highest BCUT2D eigenvalue weighted by molar-refractivity contribution is 6.31. The van der Waals surface area contributed by atoms with Crippen molar-refractivity contribution in [2.45, 2.75) is 13.0 Å². The van der Waals surface area contributed by atoms with E-state index in [2.05, 4.69) is 11.9 Å². The van der Waals surface area contributed by atoms with Crippen LogP contribution >= 0.6 is 23.2 Å². The molecule has 5 N–H and O–H groups in total. The van der Waals surface area contributed by atoms with E-state index in [1.807, 2.05) is 0 Å². The zero-order valence-electron chi connectivity index (χ0n) is 15.8. The molecule has 2 aromatic carbocycles. The number of nitrogens with two attached hydrogens (primary N) is 2. The first-order valence-electron chi connectivity index (χ1n) is 8.46. The van der Waals surface area contributed by atoms with Gasteiger partial charge in [-0.05, 0) is 49.4 Å². The highest BCUT2D eigenvalue weighted by Gasteiger charge is 2.18. The van der Waals surface area contributed by atoms with Gasteiger partial charge in [0.25, 0.3) is 5.91 Å². The Morgan fingerprint density at radius 3 is 2.43 bits per heavy atom. The number of hydrazine groups is 1. The molecule has 0 spiro atoms. The van der Waals surface area contributed by atoms with Crippen molar-refractivity contribution >= 4 is 46.4 Å². The second-order valence-electron chi connectivity index (χ2n) is 6.28. The third-order valence-corrected chi connectivity index (χ3v) is 4.48. The van der Waals surface area contributed by atoms with Crippen LogP contribution in [0.4, 0.5) is 14.5 Å². The normalized spacial score (nSPS) is 12.3. The van der Waals surface area contributed by atoms with E-state index in [1.165, 1.54) is 31.2 Å². The summed E-state index contributed by atoms with van der Waals surface area (Å²) >= 11 is 11.8. The summed E-state index contributed by atoms with van der Waals surface area (Å²) in [7, 11) is 0. The molecule has 0 aliphatic rings. The van der Waals surface area contributed by atoms with Gasteiger partial charge < -0.3 is 11.1 Å². The minimum atomic E-state index is -0.945. The molecule has 2 amide bonds. The largest absolute Gasteiger partial charge is 0.368 e. The molecule has 0 aliphatic heterocycles. The molecule has 6 nitrogen and oxygen atoms in total. The van der Waals surface area contributed by atoms with Crippen molar-refractivity contribution in [3.63, 3.8) is 0 Å². The maximum absolute atomic E-state index is 13.9. The number of hydrogen-bond donors (Lipinski definition) is 3. The molecule has 0 bridgehead atoms. The number of nitrogens with one attached hydrogen (secondary N) is 1. The van der Waals surface area contributed by atoms with Crippen LogP contribution in [0.3, 0.4) is 0 Å². The molecule has 0 heterocycles. The Morgan fingerprint density at radius 2 is 1.87 bits per heavy atom.